The third-order valence-electron chi connectivity index (χ3n) is 2.64. The van der Waals surface area contributed by atoms with Crippen LogP contribution in [-0.4, -0.2) is 0 Å². The first-order valence-corrected chi connectivity index (χ1v) is 7.49. The van der Waals surface area contributed by atoms with Crippen molar-refractivity contribution in [3.8, 4) is 0 Å². The fourth-order valence-electron chi connectivity index (χ4n) is 1.65. The zero-order chi connectivity index (χ0) is 14.1. The molecule has 1 nitrogen and oxygen atoms in total. The van der Waals surface area contributed by atoms with Crippen LogP contribution in [0.1, 0.15) is 38.3 Å². The standard InChI is InChI=1S/C17H23NS/c1-5-7-12-19-17(14(3)4)16-10-8-15(9-11-16)13-18-6-2/h6-12,18H,2,5,13H2,1,3-4H3/b12-7-. The first-order chi connectivity index (χ1) is 9.19. The summed E-state index contributed by atoms with van der Waals surface area (Å²) in [5.74, 6) is 0. The Morgan fingerprint density at radius 1 is 1.26 bits per heavy atom. The van der Waals surface area contributed by atoms with Crippen molar-refractivity contribution in [2.45, 2.75) is 33.7 Å². The molecule has 1 aromatic rings. The Bertz CT molecular complexity index is 451. The molecule has 0 radical (unpaired) electrons. The lowest BCUT2D eigenvalue weighted by molar-refractivity contribution is 0.872. The fourth-order valence-corrected chi connectivity index (χ4v) is 2.58. The molecule has 0 atom stereocenters. The van der Waals surface area contributed by atoms with Gasteiger partial charge in [0.05, 0.1) is 0 Å². The lowest BCUT2D eigenvalue weighted by Gasteiger charge is -2.09. The van der Waals surface area contributed by atoms with E-state index in [2.05, 4.69) is 68.4 Å². The van der Waals surface area contributed by atoms with E-state index in [1.807, 2.05) is 0 Å². The van der Waals surface area contributed by atoms with Crippen molar-refractivity contribution in [1.82, 2.24) is 5.32 Å². The van der Waals surface area contributed by atoms with Gasteiger partial charge in [-0.3, -0.25) is 0 Å². The minimum Gasteiger partial charge on any atom is -0.387 e. The number of hydrogen-bond acceptors (Lipinski definition) is 2. The van der Waals surface area contributed by atoms with Gasteiger partial charge < -0.3 is 5.32 Å². The molecular weight excluding hydrogens is 250 g/mol. The molecule has 1 rings (SSSR count). The summed E-state index contributed by atoms with van der Waals surface area (Å²) >= 11 is 1.80. The van der Waals surface area contributed by atoms with Crippen LogP contribution in [0.15, 0.2) is 54.1 Å². The molecule has 1 aromatic carbocycles. The fraction of sp³-hybridized carbons (Fsp3) is 0.294. The highest BCUT2D eigenvalue weighted by Gasteiger charge is 2.03. The maximum atomic E-state index is 3.66. The molecule has 0 saturated heterocycles. The topological polar surface area (TPSA) is 12.0 Å². The van der Waals surface area contributed by atoms with Crippen molar-refractivity contribution >= 4 is 16.7 Å². The van der Waals surface area contributed by atoms with E-state index in [0.29, 0.717) is 0 Å². The number of nitrogens with one attached hydrogen (secondary N) is 1. The third-order valence-corrected chi connectivity index (χ3v) is 3.85. The van der Waals surface area contributed by atoms with Crippen LogP contribution in [0.4, 0.5) is 0 Å². The van der Waals surface area contributed by atoms with Crippen molar-refractivity contribution in [3.63, 3.8) is 0 Å². The van der Waals surface area contributed by atoms with E-state index in [9.17, 15) is 0 Å². The molecule has 0 aliphatic carbocycles. The summed E-state index contributed by atoms with van der Waals surface area (Å²) in [6.45, 7) is 11.0. The Balaban J connectivity index is 2.83. The highest BCUT2D eigenvalue weighted by Crippen LogP contribution is 2.31. The summed E-state index contributed by atoms with van der Waals surface area (Å²) in [5, 5.41) is 5.29. The Hall–Kier alpha value is -1.41. The van der Waals surface area contributed by atoms with Crippen molar-refractivity contribution in [2.24, 2.45) is 0 Å². The predicted molar refractivity (Wildman–Crippen MR) is 88.8 cm³/mol. The summed E-state index contributed by atoms with van der Waals surface area (Å²) in [6, 6.07) is 8.71. The molecule has 0 amide bonds. The number of allylic oxidation sites excluding steroid dienone is 2. The third kappa shape index (κ3) is 5.39. The van der Waals surface area contributed by atoms with Crippen LogP contribution in [0.3, 0.4) is 0 Å². The Morgan fingerprint density at radius 3 is 2.47 bits per heavy atom. The lowest BCUT2D eigenvalue weighted by atomic mass is 10.1. The van der Waals surface area contributed by atoms with E-state index in [1.54, 1.807) is 18.0 Å². The van der Waals surface area contributed by atoms with Gasteiger partial charge in [0.2, 0.25) is 0 Å². The van der Waals surface area contributed by atoms with Gasteiger partial charge in [0.1, 0.15) is 0 Å². The van der Waals surface area contributed by atoms with Gasteiger partial charge >= 0.3 is 0 Å². The molecule has 102 valence electrons. The predicted octanol–water partition coefficient (Wildman–Crippen LogP) is 5.33. The van der Waals surface area contributed by atoms with E-state index in [4.69, 9.17) is 0 Å². The molecule has 0 bridgehead atoms. The number of benzene rings is 1. The molecule has 0 aliphatic heterocycles. The summed E-state index contributed by atoms with van der Waals surface area (Å²) in [6.07, 6.45) is 4.99. The number of rotatable bonds is 7. The molecule has 0 aliphatic rings. The van der Waals surface area contributed by atoms with E-state index in [0.717, 1.165) is 13.0 Å². The van der Waals surface area contributed by atoms with Gasteiger partial charge in [-0.15, -0.1) is 0 Å². The van der Waals surface area contributed by atoms with Crippen molar-refractivity contribution in [2.75, 3.05) is 0 Å². The Morgan fingerprint density at radius 2 is 1.95 bits per heavy atom. The zero-order valence-corrected chi connectivity index (χ0v) is 12.9. The molecule has 0 spiro atoms. The molecule has 0 saturated carbocycles. The largest absolute Gasteiger partial charge is 0.387 e. The lowest BCUT2D eigenvalue weighted by Crippen LogP contribution is -2.03. The second-order valence-electron chi connectivity index (χ2n) is 4.51. The monoisotopic (exact) mass is 273 g/mol. The van der Waals surface area contributed by atoms with Crippen molar-refractivity contribution in [3.05, 3.63) is 65.2 Å². The van der Waals surface area contributed by atoms with Gasteiger partial charge in [0.25, 0.3) is 0 Å². The second kappa shape index (κ2) is 8.65. The summed E-state index contributed by atoms with van der Waals surface area (Å²) in [4.78, 5) is 1.34. The SMILES string of the molecule is C=CNCc1ccc(C(S/C=C\CC)=C(C)C)cc1. The first-order valence-electron chi connectivity index (χ1n) is 6.61. The van der Waals surface area contributed by atoms with E-state index in [-0.39, 0.29) is 0 Å². The van der Waals surface area contributed by atoms with Crippen LogP contribution in [0, 0.1) is 0 Å². The van der Waals surface area contributed by atoms with Crippen LogP contribution >= 0.6 is 11.8 Å². The molecule has 0 aromatic heterocycles. The second-order valence-corrected chi connectivity index (χ2v) is 5.43. The number of hydrogen-bond donors (Lipinski definition) is 1. The van der Waals surface area contributed by atoms with E-state index >= 15 is 0 Å². The summed E-state index contributed by atoms with van der Waals surface area (Å²) < 4.78 is 0. The van der Waals surface area contributed by atoms with Crippen LogP contribution in [0.2, 0.25) is 0 Å². The van der Waals surface area contributed by atoms with Gasteiger partial charge in [0, 0.05) is 11.4 Å². The highest BCUT2D eigenvalue weighted by atomic mass is 32.2. The Kier molecular flexibility index (Phi) is 7.12. The zero-order valence-electron chi connectivity index (χ0n) is 12.1. The van der Waals surface area contributed by atoms with Gasteiger partial charge in [-0.2, -0.15) is 0 Å². The molecular formula is C17H23NS. The molecule has 0 unspecified atom stereocenters. The minimum absolute atomic E-state index is 0.830. The summed E-state index contributed by atoms with van der Waals surface area (Å²) in [7, 11) is 0. The van der Waals surface area contributed by atoms with Gasteiger partial charge in [-0.1, -0.05) is 61.2 Å². The molecule has 19 heavy (non-hydrogen) atoms. The van der Waals surface area contributed by atoms with Gasteiger partial charge in [-0.05, 0) is 43.0 Å². The van der Waals surface area contributed by atoms with E-state index in [1.165, 1.54) is 21.6 Å². The van der Waals surface area contributed by atoms with Gasteiger partial charge in [-0.25, -0.2) is 0 Å². The smallest absolute Gasteiger partial charge is 0.0395 e. The minimum atomic E-state index is 0.830. The highest BCUT2D eigenvalue weighted by molar-refractivity contribution is 8.10. The number of thioether (sulfide) groups is 1. The summed E-state index contributed by atoms with van der Waals surface area (Å²) in [5.41, 5.74) is 3.90. The maximum Gasteiger partial charge on any atom is 0.0395 e. The maximum absolute atomic E-state index is 3.66. The van der Waals surface area contributed by atoms with Crippen LogP contribution in [0.25, 0.3) is 4.91 Å². The molecule has 0 fully saturated rings. The van der Waals surface area contributed by atoms with Crippen LogP contribution < -0.4 is 5.32 Å². The molecule has 1 N–H and O–H groups in total. The molecule has 2 heteroatoms. The van der Waals surface area contributed by atoms with Crippen molar-refractivity contribution < 1.29 is 0 Å². The van der Waals surface area contributed by atoms with Crippen LogP contribution in [0.5, 0.6) is 0 Å². The first kappa shape index (κ1) is 15.6. The quantitative estimate of drug-likeness (QED) is 0.721. The van der Waals surface area contributed by atoms with Crippen molar-refractivity contribution in [1.29, 1.82) is 0 Å². The average Bonchev–Trinajstić information content (AvgIpc) is 2.42. The van der Waals surface area contributed by atoms with Crippen LogP contribution in [-0.2, 0) is 6.54 Å². The van der Waals surface area contributed by atoms with E-state index < -0.39 is 0 Å². The van der Waals surface area contributed by atoms with Gasteiger partial charge in [0.15, 0.2) is 0 Å². The normalized spacial score (nSPS) is 10.5. The molecule has 0 heterocycles. The average molecular weight is 273 g/mol. The Labute approximate surface area is 121 Å².